The van der Waals surface area contributed by atoms with Crippen molar-refractivity contribution in [2.75, 3.05) is 13.7 Å². The molecule has 0 unspecified atom stereocenters. The molecule has 0 aliphatic heterocycles. The smallest absolute Gasteiger partial charge is 0.200 e. The normalized spacial score (nSPS) is 17.3. The van der Waals surface area contributed by atoms with Crippen molar-refractivity contribution >= 4 is 30.7 Å². The quantitative estimate of drug-likeness (QED) is 0.0811. The molecule has 0 bridgehead atoms. The average molecular weight is 807 g/mol. The first-order valence-electron chi connectivity index (χ1n) is 20.9. The zero-order chi connectivity index (χ0) is 42.1. The average Bonchev–Trinajstić information content (AvgIpc) is 3.02. The van der Waals surface area contributed by atoms with E-state index in [0.717, 1.165) is 17.7 Å². The lowest BCUT2D eigenvalue weighted by Crippen LogP contribution is -2.50. The van der Waals surface area contributed by atoms with Crippen molar-refractivity contribution in [2.24, 2.45) is 11.8 Å². The van der Waals surface area contributed by atoms with Crippen molar-refractivity contribution in [3.8, 4) is 5.75 Å². The molecular weight excluding hydrogens is 721 g/mol. The molecule has 5 atom stereocenters. The Morgan fingerprint density at radius 2 is 1.24 bits per heavy atom. The van der Waals surface area contributed by atoms with Gasteiger partial charge in [0.15, 0.2) is 22.4 Å². The van der Waals surface area contributed by atoms with E-state index in [1.54, 1.807) is 13.2 Å². The molecule has 0 saturated carbocycles. The molecule has 0 saturated heterocycles. The summed E-state index contributed by atoms with van der Waals surface area (Å²) in [5.74, 6) is 1.19. The lowest BCUT2D eigenvalue weighted by molar-refractivity contribution is -0.123. The number of ketones is 1. The van der Waals surface area contributed by atoms with Crippen LogP contribution in [-0.4, -0.2) is 62.3 Å². The zero-order valence-electron chi connectivity index (χ0n) is 39.0. The molecule has 314 valence electrons. The first-order valence-corrected chi connectivity index (χ1v) is 28.9. The fourth-order valence-electron chi connectivity index (χ4n) is 7.27. The van der Waals surface area contributed by atoms with Gasteiger partial charge in [0.2, 0.25) is 8.32 Å². The van der Waals surface area contributed by atoms with E-state index < -0.39 is 30.6 Å². The molecule has 6 nitrogen and oxygen atoms in total. The van der Waals surface area contributed by atoms with Crippen LogP contribution in [0.3, 0.4) is 0 Å². The van der Waals surface area contributed by atoms with Gasteiger partial charge in [-0.05, 0) is 103 Å². The van der Waals surface area contributed by atoms with Crippen LogP contribution in [0.1, 0.15) is 136 Å². The Labute approximate surface area is 337 Å². The summed E-state index contributed by atoms with van der Waals surface area (Å²) in [5, 5.41) is 0.0932. The summed E-state index contributed by atoms with van der Waals surface area (Å²) < 4.78 is 33.3. The Bertz CT molecular complexity index is 1270. The monoisotopic (exact) mass is 807 g/mol. The maximum absolute atomic E-state index is 13.9. The van der Waals surface area contributed by atoms with Crippen molar-refractivity contribution in [3.05, 3.63) is 42.0 Å². The molecule has 0 amide bonds. The van der Waals surface area contributed by atoms with Gasteiger partial charge in [0.05, 0.1) is 25.4 Å². The van der Waals surface area contributed by atoms with Gasteiger partial charge in [-0.3, -0.25) is 4.79 Å². The van der Waals surface area contributed by atoms with Gasteiger partial charge in [-0.2, -0.15) is 0 Å². The molecular formula is C45H86O6Si3. The fraction of sp³-hybridized carbons (Fsp3) is 0.800. The zero-order valence-corrected chi connectivity index (χ0v) is 42.0. The van der Waals surface area contributed by atoms with Crippen molar-refractivity contribution in [3.63, 3.8) is 0 Å². The van der Waals surface area contributed by atoms with Gasteiger partial charge in [0.25, 0.3) is 0 Å². The minimum absolute atomic E-state index is 0.00725. The molecule has 1 aromatic carbocycles. The number of hydrogen-bond donors (Lipinski definition) is 0. The topological polar surface area (TPSA) is 63.2 Å². The summed E-state index contributed by atoms with van der Waals surface area (Å²) in [7, 11) is -4.54. The summed E-state index contributed by atoms with van der Waals surface area (Å²) in [6.45, 7) is 46.6. The van der Waals surface area contributed by atoms with Gasteiger partial charge in [0, 0.05) is 31.5 Å². The number of rotatable bonds is 23. The maximum Gasteiger partial charge on any atom is 0.200 e. The summed E-state index contributed by atoms with van der Waals surface area (Å²) in [6.07, 6.45) is 5.50. The fourth-order valence-corrected chi connectivity index (χ4v) is 15.3. The standard InChI is InChI=1S/C45H86O6Si3/c1-33(2)54(34(3)4,35(5)6)50-38(9)28-36(7)22-25-40(46)29-42(51-53(20,21)44(13,14)15)30-45(16,37(8)31-49-52(18,19)43(10,11)12)48-32-39-23-26-41(47-17)27-24-39/h22-27,33-38,42H,28-32H2,1-21H3/b25-22+/t36-,37-,38-,42+,45+/m0/s1. The van der Waals surface area contributed by atoms with Crippen LogP contribution in [0.2, 0.25) is 52.9 Å². The Morgan fingerprint density at radius 1 is 0.741 bits per heavy atom. The molecule has 0 radical (unpaired) electrons. The van der Waals surface area contributed by atoms with Crippen molar-refractivity contribution < 1.29 is 27.5 Å². The summed E-state index contributed by atoms with van der Waals surface area (Å²) in [4.78, 5) is 13.9. The minimum atomic E-state index is -2.24. The highest BCUT2D eigenvalue weighted by molar-refractivity contribution is 6.77. The third kappa shape index (κ3) is 14.7. The van der Waals surface area contributed by atoms with Crippen LogP contribution >= 0.6 is 0 Å². The lowest BCUT2D eigenvalue weighted by atomic mass is 9.84. The number of hydrogen-bond acceptors (Lipinski definition) is 6. The molecule has 1 aromatic rings. The van der Waals surface area contributed by atoms with E-state index in [0.29, 0.717) is 42.7 Å². The molecule has 9 heteroatoms. The third-order valence-corrected chi connectivity index (χ3v) is 28.3. The molecule has 0 N–H and O–H groups in total. The van der Waals surface area contributed by atoms with Crippen LogP contribution in [0.5, 0.6) is 5.75 Å². The van der Waals surface area contributed by atoms with Gasteiger partial charge in [-0.15, -0.1) is 0 Å². The molecule has 0 aromatic heterocycles. The second kappa shape index (κ2) is 20.6. The second-order valence-corrected chi connectivity index (χ2v) is 35.6. The van der Waals surface area contributed by atoms with Crippen LogP contribution in [0.25, 0.3) is 0 Å². The maximum atomic E-state index is 13.9. The third-order valence-electron chi connectivity index (χ3n) is 13.0. The molecule has 0 aliphatic rings. The predicted molar refractivity (Wildman–Crippen MR) is 239 cm³/mol. The Hall–Kier alpha value is -1.08. The van der Waals surface area contributed by atoms with E-state index in [-0.39, 0.29) is 39.9 Å². The predicted octanol–water partition coefficient (Wildman–Crippen LogP) is 13.5. The number of ether oxygens (including phenoxy) is 2. The minimum Gasteiger partial charge on any atom is -0.497 e. The molecule has 54 heavy (non-hydrogen) atoms. The van der Waals surface area contributed by atoms with Crippen LogP contribution in [0, 0.1) is 11.8 Å². The first kappa shape index (κ1) is 50.9. The Kier molecular flexibility index (Phi) is 19.4. The number of carbonyl (C=O) groups excluding carboxylic acids is 1. The van der Waals surface area contributed by atoms with Gasteiger partial charge >= 0.3 is 0 Å². The van der Waals surface area contributed by atoms with Crippen molar-refractivity contribution in [2.45, 2.75) is 207 Å². The van der Waals surface area contributed by atoms with E-state index in [4.69, 9.17) is 22.8 Å². The van der Waals surface area contributed by atoms with E-state index >= 15 is 0 Å². The highest BCUT2D eigenvalue weighted by Crippen LogP contribution is 2.44. The molecule has 0 heterocycles. The van der Waals surface area contributed by atoms with E-state index in [9.17, 15) is 4.79 Å². The van der Waals surface area contributed by atoms with Crippen molar-refractivity contribution in [1.29, 1.82) is 0 Å². The largest absolute Gasteiger partial charge is 0.497 e. The van der Waals surface area contributed by atoms with E-state index in [1.807, 2.05) is 12.1 Å². The van der Waals surface area contributed by atoms with Gasteiger partial charge in [0.1, 0.15) is 5.75 Å². The Morgan fingerprint density at radius 3 is 1.69 bits per heavy atom. The van der Waals surface area contributed by atoms with Crippen LogP contribution < -0.4 is 4.74 Å². The number of methoxy groups -OCH3 is 1. The molecule has 0 spiro atoms. The number of carbonyl (C=O) groups is 1. The molecule has 0 aliphatic carbocycles. The molecule has 0 fully saturated rings. The van der Waals surface area contributed by atoms with Gasteiger partial charge < -0.3 is 22.8 Å². The summed E-state index contributed by atoms with van der Waals surface area (Å²) >= 11 is 0. The SMILES string of the molecule is COc1ccc(CO[C@](C)(C[C@@H](CC(=O)/C=C/[C@H](C)C[C@H](C)O[Si](C(C)C)(C(C)C)C(C)C)O[Si](C)(C)C(C)(C)C)[C@@H](C)CO[Si](C)(C)C(C)(C)C)cc1. The summed E-state index contributed by atoms with van der Waals surface area (Å²) in [5.41, 5.74) is 2.08. The molecule has 1 rings (SSSR count). The summed E-state index contributed by atoms with van der Waals surface area (Å²) in [6, 6.07) is 8.05. The van der Waals surface area contributed by atoms with Crippen molar-refractivity contribution in [1.82, 2.24) is 0 Å². The first-order chi connectivity index (χ1) is 24.4. The number of allylic oxidation sites excluding steroid dienone is 2. The van der Waals surface area contributed by atoms with E-state index in [1.165, 1.54) is 0 Å². The van der Waals surface area contributed by atoms with E-state index in [2.05, 4.69) is 155 Å². The highest BCUT2D eigenvalue weighted by atomic mass is 28.4. The van der Waals surface area contributed by atoms with Crippen LogP contribution in [0.15, 0.2) is 36.4 Å². The van der Waals surface area contributed by atoms with Crippen LogP contribution in [-0.2, 0) is 29.4 Å². The van der Waals surface area contributed by atoms with Crippen LogP contribution in [0.4, 0.5) is 0 Å². The lowest BCUT2D eigenvalue weighted by Gasteiger charge is -2.44. The highest BCUT2D eigenvalue weighted by Gasteiger charge is 2.47. The van der Waals surface area contributed by atoms with Gasteiger partial charge in [-0.1, -0.05) is 115 Å². The van der Waals surface area contributed by atoms with Gasteiger partial charge in [-0.25, -0.2) is 0 Å². The number of benzene rings is 1. The second-order valence-electron chi connectivity index (χ2n) is 20.6. The Balaban J connectivity index is 3.40.